The molecule has 0 aliphatic rings. The van der Waals surface area contributed by atoms with E-state index >= 15 is 0 Å². The predicted molar refractivity (Wildman–Crippen MR) is 67.3 cm³/mol. The van der Waals surface area contributed by atoms with Gasteiger partial charge in [0, 0.05) is 17.1 Å². The lowest BCUT2D eigenvalue weighted by Gasteiger charge is -2.23. The van der Waals surface area contributed by atoms with Crippen LogP contribution in [0.15, 0.2) is 28.7 Å². The smallest absolute Gasteiger partial charge is 0.304 e. The van der Waals surface area contributed by atoms with Crippen LogP contribution in [0.25, 0.3) is 0 Å². The molecule has 0 amide bonds. The Hall–Kier alpha value is -0.870. The van der Waals surface area contributed by atoms with Gasteiger partial charge in [0.05, 0.1) is 6.42 Å². The lowest BCUT2D eigenvalue weighted by molar-refractivity contribution is -0.138. The van der Waals surface area contributed by atoms with Gasteiger partial charge in [0.15, 0.2) is 0 Å². The van der Waals surface area contributed by atoms with Gasteiger partial charge in [-0.15, -0.1) is 0 Å². The predicted octanol–water partition coefficient (Wildman–Crippen LogP) is 2.74. The van der Waals surface area contributed by atoms with Gasteiger partial charge in [-0.25, -0.2) is 0 Å². The number of carboxylic acids is 1. The number of aliphatic carboxylic acids is 1. The zero-order chi connectivity index (χ0) is 12.1. The summed E-state index contributed by atoms with van der Waals surface area (Å²) in [5.74, 6) is -0.758. The Kier molecular flexibility index (Phi) is 4.96. The second-order valence-electron chi connectivity index (χ2n) is 3.95. The van der Waals surface area contributed by atoms with E-state index in [0.29, 0.717) is 0 Å². The first-order valence-corrected chi connectivity index (χ1v) is 5.95. The number of hydrogen-bond donors (Lipinski definition) is 1. The Morgan fingerprint density at radius 2 is 2.12 bits per heavy atom. The Bertz CT molecular complexity index is 368. The largest absolute Gasteiger partial charge is 0.481 e. The molecule has 1 aromatic rings. The Morgan fingerprint density at radius 3 is 2.69 bits per heavy atom. The summed E-state index contributed by atoms with van der Waals surface area (Å²) in [5.41, 5.74) is 1.17. The molecule has 0 saturated heterocycles. The van der Waals surface area contributed by atoms with E-state index in [0.717, 1.165) is 11.0 Å². The van der Waals surface area contributed by atoms with E-state index in [1.165, 1.54) is 5.56 Å². The van der Waals surface area contributed by atoms with Crippen LogP contribution in [-0.2, 0) is 11.3 Å². The van der Waals surface area contributed by atoms with Gasteiger partial charge in [0.25, 0.3) is 0 Å². The molecular weight excluding hydrogens is 270 g/mol. The first kappa shape index (κ1) is 13.2. The molecule has 0 aromatic heterocycles. The van der Waals surface area contributed by atoms with E-state index in [4.69, 9.17) is 5.11 Å². The van der Waals surface area contributed by atoms with Crippen molar-refractivity contribution in [3.8, 4) is 0 Å². The van der Waals surface area contributed by atoms with E-state index in [2.05, 4.69) is 15.9 Å². The highest BCUT2D eigenvalue weighted by molar-refractivity contribution is 9.10. The first-order valence-electron chi connectivity index (χ1n) is 5.16. The lowest BCUT2D eigenvalue weighted by atomic mass is 10.1. The zero-order valence-electron chi connectivity index (χ0n) is 9.48. The van der Waals surface area contributed by atoms with Gasteiger partial charge in [-0.3, -0.25) is 9.69 Å². The summed E-state index contributed by atoms with van der Waals surface area (Å²) >= 11 is 3.48. The fourth-order valence-electron chi connectivity index (χ4n) is 1.46. The molecule has 1 aromatic carbocycles. The monoisotopic (exact) mass is 285 g/mol. The fourth-order valence-corrected chi connectivity index (χ4v) is 1.87. The zero-order valence-corrected chi connectivity index (χ0v) is 11.1. The molecule has 3 nitrogen and oxygen atoms in total. The SMILES string of the molecule is CC(CC(=O)O)N(C)Cc1ccccc1Br. The lowest BCUT2D eigenvalue weighted by Crippen LogP contribution is -2.30. The van der Waals surface area contributed by atoms with Crippen molar-refractivity contribution in [1.82, 2.24) is 4.90 Å². The average molecular weight is 286 g/mol. The van der Waals surface area contributed by atoms with Crippen molar-refractivity contribution in [2.24, 2.45) is 0 Å². The van der Waals surface area contributed by atoms with Crippen LogP contribution in [0.3, 0.4) is 0 Å². The summed E-state index contributed by atoms with van der Waals surface area (Å²) in [4.78, 5) is 12.6. The molecule has 1 unspecified atom stereocenters. The Labute approximate surface area is 104 Å². The van der Waals surface area contributed by atoms with Gasteiger partial charge in [-0.2, -0.15) is 0 Å². The second kappa shape index (κ2) is 6.01. The minimum absolute atomic E-state index is 0.0320. The van der Waals surface area contributed by atoms with E-state index in [9.17, 15) is 4.79 Å². The van der Waals surface area contributed by atoms with Crippen molar-refractivity contribution in [3.05, 3.63) is 34.3 Å². The molecule has 4 heteroatoms. The Morgan fingerprint density at radius 1 is 1.50 bits per heavy atom. The minimum Gasteiger partial charge on any atom is -0.481 e. The van der Waals surface area contributed by atoms with Gasteiger partial charge < -0.3 is 5.11 Å². The highest BCUT2D eigenvalue weighted by Crippen LogP contribution is 2.18. The summed E-state index contributed by atoms with van der Waals surface area (Å²) in [6, 6.07) is 8.01. The number of carboxylic acid groups (broad SMARTS) is 1. The number of hydrogen-bond acceptors (Lipinski definition) is 2. The van der Waals surface area contributed by atoms with E-state index in [1.807, 2.05) is 43.1 Å². The van der Waals surface area contributed by atoms with Gasteiger partial charge in [0.1, 0.15) is 0 Å². The summed E-state index contributed by atoms with van der Waals surface area (Å²) in [6.07, 6.45) is 0.168. The molecule has 88 valence electrons. The summed E-state index contributed by atoms with van der Waals surface area (Å²) in [6.45, 7) is 2.67. The number of halogens is 1. The molecule has 0 fully saturated rings. The normalized spacial score (nSPS) is 12.8. The summed E-state index contributed by atoms with van der Waals surface area (Å²) < 4.78 is 1.06. The average Bonchev–Trinajstić information content (AvgIpc) is 2.20. The third kappa shape index (κ3) is 3.94. The highest BCUT2D eigenvalue weighted by Gasteiger charge is 2.13. The van der Waals surface area contributed by atoms with Crippen LogP contribution in [0.2, 0.25) is 0 Å². The molecule has 0 spiro atoms. The maximum Gasteiger partial charge on any atom is 0.304 e. The molecule has 1 N–H and O–H groups in total. The third-order valence-electron chi connectivity index (χ3n) is 2.60. The van der Waals surface area contributed by atoms with Crippen LogP contribution in [0, 0.1) is 0 Å². The maximum absolute atomic E-state index is 10.6. The summed E-state index contributed by atoms with van der Waals surface area (Å²) in [5, 5.41) is 8.72. The molecule has 0 aliphatic carbocycles. The molecule has 0 heterocycles. The van der Waals surface area contributed by atoms with E-state index in [1.54, 1.807) is 0 Å². The molecule has 1 rings (SSSR count). The maximum atomic E-state index is 10.6. The quantitative estimate of drug-likeness (QED) is 0.904. The van der Waals surface area contributed by atoms with Gasteiger partial charge in [-0.1, -0.05) is 34.1 Å². The number of nitrogens with zero attached hydrogens (tertiary/aromatic N) is 1. The van der Waals surface area contributed by atoms with Crippen LogP contribution in [0.5, 0.6) is 0 Å². The summed E-state index contributed by atoms with van der Waals surface area (Å²) in [7, 11) is 1.94. The first-order chi connectivity index (χ1) is 7.50. The van der Waals surface area contributed by atoms with Crippen LogP contribution < -0.4 is 0 Å². The van der Waals surface area contributed by atoms with Crippen molar-refractivity contribution in [1.29, 1.82) is 0 Å². The van der Waals surface area contributed by atoms with Crippen LogP contribution in [0.4, 0.5) is 0 Å². The van der Waals surface area contributed by atoms with Crippen molar-refractivity contribution in [2.45, 2.75) is 25.9 Å². The van der Waals surface area contributed by atoms with Crippen molar-refractivity contribution >= 4 is 21.9 Å². The highest BCUT2D eigenvalue weighted by atomic mass is 79.9. The molecule has 0 bridgehead atoms. The molecule has 1 atom stereocenters. The third-order valence-corrected chi connectivity index (χ3v) is 3.37. The number of benzene rings is 1. The van der Waals surface area contributed by atoms with Gasteiger partial charge in [-0.05, 0) is 25.6 Å². The molecular formula is C12H16BrNO2. The van der Waals surface area contributed by atoms with Crippen molar-refractivity contribution in [3.63, 3.8) is 0 Å². The molecule has 0 saturated carbocycles. The fraction of sp³-hybridized carbons (Fsp3) is 0.417. The van der Waals surface area contributed by atoms with Crippen molar-refractivity contribution in [2.75, 3.05) is 7.05 Å². The Balaban J connectivity index is 2.60. The molecule has 0 radical (unpaired) electrons. The van der Waals surface area contributed by atoms with E-state index < -0.39 is 5.97 Å². The van der Waals surface area contributed by atoms with Crippen LogP contribution in [-0.4, -0.2) is 29.1 Å². The van der Waals surface area contributed by atoms with Gasteiger partial charge in [0.2, 0.25) is 0 Å². The number of carbonyl (C=O) groups is 1. The van der Waals surface area contributed by atoms with Crippen LogP contribution in [0.1, 0.15) is 18.9 Å². The second-order valence-corrected chi connectivity index (χ2v) is 4.81. The minimum atomic E-state index is -0.758. The standard InChI is InChI=1S/C12H16BrNO2/c1-9(7-12(15)16)14(2)8-10-5-3-4-6-11(10)13/h3-6,9H,7-8H2,1-2H3,(H,15,16). The molecule has 16 heavy (non-hydrogen) atoms. The van der Waals surface area contributed by atoms with Crippen LogP contribution >= 0.6 is 15.9 Å². The molecule has 0 aliphatic heterocycles. The van der Waals surface area contributed by atoms with Gasteiger partial charge >= 0.3 is 5.97 Å². The number of rotatable bonds is 5. The van der Waals surface area contributed by atoms with E-state index in [-0.39, 0.29) is 12.5 Å². The topological polar surface area (TPSA) is 40.5 Å². The van der Waals surface area contributed by atoms with Crippen molar-refractivity contribution < 1.29 is 9.90 Å².